The second kappa shape index (κ2) is 6.20. The molecule has 0 saturated carbocycles. The van der Waals surface area contributed by atoms with Crippen LogP contribution in [0.25, 0.3) is 11.3 Å². The first kappa shape index (κ1) is 17.2. The summed E-state index contributed by atoms with van der Waals surface area (Å²) in [6.07, 6.45) is 3.27. The normalized spacial score (nSPS) is 20.3. The van der Waals surface area contributed by atoms with E-state index in [0.717, 1.165) is 34.6 Å². The first-order valence-electron chi connectivity index (χ1n) is 8.49. The molecule has 4 nitrogen and oxygen atoms in total. The molecule has 2 aliphatic rings. The molecule has 4 rings (SSSR count). The van der Waals surface area contributed by atoms with Gasteiger partial charge in [0.1, 0.15) is 11.9 Å². The molecular formula is C19H17ClF2N2O2. The predicted molar refractivity (Wildman–Crippen MR) is 93.9 cm³/mol. The van der Waals surface area contributed by atoms with Gasteiger partial charge in [-0.2, -0.15) is 0 Å². The maximum absolute atomic E-state index is 12.9. The third-order valence-electron chi connectivity index (χ3n) is 4.75. The number of carbonyl (C=O) groups is 1. The number of halogens is 3. The van der Waals surface area contributed by atoms with Crippen molar-refractivity contribution in [3.05, 3.63) is 46.6 Å². The highest BCUT2D eigenvalue weighted by atomic mass is 35.5. The Kier molecular flexibility index (Phi) is 4.10. The van der Waals surface area contributed by atoms with Crippen LogP contribution in [0.1, 0.15) is 29.3 Å². The van der Waals surface area contributed by atoms with Crippen molar-refractivity contribution in [2.24, 2.45) is 0 Å². The van der Waals surface area contributed by atoms with E-state index in [-0.39, 0.29) is 6.10 Å². The van der Waals surface area contributed by atoms with Crippen molar-refractivity contribution in [3.8, 4) is 17.0 Å². The van der Waals surface area contributed by atoms with Crippen LogP contribution in [0.15, 0.2) is 30.5 Å². The summed E-state index contributed by atoms with van der Waals surface area (Å²) < 4.78 is 31.7. The molecule has 26 heavy (non-hydrogen) atoms. The fraction of sp³-hybridized carbons (Fsp3) is 0.368. The van der Waals surface area contributed by atoms with E-state index in [1.165, 1.54) is 6.20 Å². The van der Waals surface area contributed by atoms with E-state index in [1.54, 1.807) is 18.2 Å². The van der Waals surface area contributed by atoms with E-state index in [4.69, 9.17) is 16.3 Å². The van der Waals surface area contributed by atoms with Crippen molar-refractivity contribution < 1.29 is 18.3 Å². The van der Waals surface area contributed by atoms with Gasteiger partial charge >= 0.3 is 0 Å². The van der Waals surface area contributed by atoms with Crippen molar-refractivity contribution in [2.75, 3.05) is 13.1 Å². The third kappa shape index (κ3) is 3.03. The molecule has 3 heterocycles. The number of hydrogen-bond acceptors (Lipinski definition) is 3. The number of likely N-dealkylation sites (tertiary alicyclic amines) is 1. The fourth-order valence-electron chi connectivity index (χ4n) is 3.29. The highest BCUT2D eigenvalue weighted by Gasteiger charge is 2.46. The van der Waals surface area contributed by atoms with Crippen LogP contribution in [-0.2, 0) is 6.42 Å². The Balaban J connectivity index is 1.55. The summed E-state index contributed by atoms with van der Waals surface area (Å²) in [7, 11) is 0. The van der Waals surface area contributed by atoms with Gasteiger partial charge in [0.05, 0.1) is 29.4 Å². The van der Waals surface area contributed by atoms with Crippen molar-refractivity contribution in [1.29, 1.82) is 0 Å². The number of benzene rings is 1. The largest absolute Gasteiger partial charge is 0.488 e. The van der Waals surface area contributed by atoms with Crippen molar-refractivity contribution in [1.82, 2.24) is 9.88 Å². The molecule has 1 saturated heterocycles. The average Bonchev–Trinajstić information content (AvgIpc) is 3.03. The number of amides is 1. The van der Waals surface area contributed by atoms with E-state index in [1.807, 2.05) is 6.07 Å². The number of ether oxygens (including phenoxy) is 1. The van der Waals surface area contributed by atoms with Crippen LogP contribution in [0.4, 0.5) is 8.78 Å². The van der Waals surface area contributed by atoms with E-state index in [9.17, 15) is 13.6 Å². The van der Waals surface area contributed by atoms with Crippen LogP contribution in [0.2, 0.25) is 5.02 Å². The SMILES string of the molecule is CCC1Cc2cc(-c3ccc(C(=O)N4CC(F)(F)C4)cn3)cc(Cl)c2O1. The summed E-state index contributed by atoms with van der Waals surface area (Å²) in [5.41, 5.74) is 2.85. The zero-order valence-electron chi connectivity index (χ0n) is 14.1. The summed E-state index contributed by atoms with van der Waals surface area (Å²) in [4.78, 5) is 17.6. The first-order chi connectivity index (χ1) is 12.4. The summed E-state index contributed by atoms with van der Waals surface area (Å²) in [6.45, 7) is 0.996. The molecule has 1 unspecified atom stereocenters. The van der Waals surface area contributed by atoms with Crippen LogP contribution in [0.3, 0.4) is 0 Å². The van der Waals surface area contributed by atoms with Gasteiger partial charge in [-0.3, -0.25) is 9.78 Å². The molecule has 0 N–H and O–H groups in total. The summed E-state index contributed by atoms with van der Waals surface area (Å²) in [6, 6.07) is 7.10. The Morgan fingerprint density at radius 2 is 2.15 bits per heavy atom. The number of fused-ring (bicyclic) bond motifs is 1. The van der Waals surface area contributed by atoms with Crippen molar-refractivity contribution in [3.63, 3.8) is 0 Å². The molecule has 2 aromatic rings. The maximum atomic E-state index is 12.9. The average molecular weight is 379 g/mol. The van der Waals surface area contributed by atoms with Gasteiger partial charge in [-0.15, -0.1) is 0 Å². The van der Waals surface area contributed by atoms with Crippen LogP contribution in [-0.4, -0.2) is 40.9 Å². The number of alkyl halides is 2. The van der Waals surface area contributed by atoms with Gasteiger partial charge in [-0.25, -0.2) is 8.78 Å². The van der Waals surface area contributed by atoms with Gasteiger partial charge in [0.2, 0.25) is 0 Å². The number of carbonyl (C=O) groups excluding carboxylic acids is 1. The Morgan fingerprint density at radius 3 is 2.77 bits per heavy atom. The standard InChI is InChI=1S/C19H17ClF2N2O2/c1-2-14-6-13-5-12(7-15(20)17(13)26-14)16-4-3-11(8-23-16)18(25)24-9-19(21,22)10-24/h3-5,7-8,14H,2,6,9-10H2,1H3. The summed E-state index contributed by atoms with van der Waals surface area (Å²) >= 11 is 6.34. The van der Waals surface area contributed by atoms with Crippen LogP contribution in [0, 0.1) is 0 Å². The number of rotatable bonds is 3. The number of pyridine rings is 1. The van der Waals surface area contributed by atoms with Crippen LogP contribution < -0.4 is 4.74 Å². The second-order valence-electron chi connectivity index (χ2n) is 6.75. The highest BCUT2D eigenvalue weighted by Crippen LogP contribution is 2.40. The van der Waals surface area contributed by atoms with Gasteiger partial charge in [-0.1, -0.05) is 18.5 Å². The minimum Gasteiger partial charge on any atom is -0.488 e. The van der Waals surface area contributed by atoms with E-state index >= 15 is 0 Å². The summed E-state index contributed by atoms with van der Waals surface area (Å²) in [5, 5.41) is 0.540. The van der Waals surface area contributed by atoms with Gasteiger partial charge in [0.15, 0.2) is 0 Å². The molecule has 0 radical (unpaired) electrons. The number of nitrogens with zero attached hydrogens (tertiary/aromatic N) is 2. The molecule has 1 aromatic carbocycles. The Bertz CT molecular complexity index is 863. The zero-order chi connectivity index (χ0) is 18.5. The zero-order valence-corrected chi connectivity index (χ0v) is 14.9. The van der Waals surface area contributed by atoms with E-state index < -0.39 is 24.9 Å². The second-order valence-corrected chi connectivity index (χ2v) is 7.16. The third-order valence-corrected chi connectivity index (χ3v) is 5.03. The fourth-order valence-corrected chi connectivity index (χ4v) is 3.58. The van der Waals surface area contributed by atoms with Crippen LogP contribution in [0.5, 0.6) is 5.75 Å². The monoisotopic (exact) mass is 378 g/mol. The molecule has 1 fully saturated rings. The lowest BCUT2D eigenvalue weighted by Crippen LogP contribution is -2.58. The molecule has 1 atom stereocenters. The van der Waals surface area contributed by atoms with Gasteiger partial charge < -0.3 is 9.64 Å². The molecule has 0 spiro atoms. The van der Waals surface area contributed by atoms with E-state index in [2.05, 4.69) is 11.9 Å². The minimum absolute atomic E-state index is 0.139. The molecule has 0 aliphatic carbocycles. The number of hydrogen-bond donors (Lipinski definition) is 0. The topological polar surface area (TPSA) is 42.4 Å². The van der Waals surface area contributed by atoms with Gasteiger partial charge in [0.25, 0.3) is 11.8 Å². The van der Waals surface area contributed by atoms with Crippen LogP contribution >= 0.6 is 11.6 Å². The van der Waals surface area contributed by atoms with Crippen molar-refractivity contribution >= 4 is 17.5 Å². The maximum Gasteiger partial charge on any atom is 0.282 e. The molecule has 1 aromatic heterocycles. The molecule has 1 amide bonds. The van der Waals surface area contributed by atoms with Crippen molar-refractivity contribution in [2.45, 2.75) is 31.8 Å². The molecule has 2 aliphatic heterocycles. The molecule has 7 heteroatoms. The van der Waals surface area contributed by atoms with Gasteiger partial charge in [0, 0.05) is 23.7 Å². The minimum atomic E-state index is -2.78. The Hall–Kier alpha value is -2.21. The lowest BCUT2D eigenvalue weighted by atomic mass is 10.0. The summed E-state index contributed by atoms with van der Waals surface area (Å²) in [5.74, 6) is -2.48. The lowest BCUT2D eigenvalue weighted by molar-refractivity contribution is -0.113. The number of aromatic nitrogens is 1. The Labute approximate surface area is 154 Å². The first-order valence-corrected chi connectivity index (χ1v) is 8.87. The predicted octanol–water partition coefficient (Wildman–Crippen LogP) is 4.21. The quantitative estimate of drug-likeness (QED) is 0.803. The smallest absolute Gasteiger partial charge is 0.282 e. The molecular weight excluding hydrogens is 362 g/mol. The van der Waals surface area contributed by atoms with Gasteiger partial charge in [-0.05, 0) is 30.7 Å². The molecule has 136 valence electrons. The molecule has 0 bridgehead atoms. The highest BCUT2D eigenvalue weighted by molar-refractivity contribution is 6.32. The van der Waals surface area contributed by atoms with E-state index in [0.29, 0.717) is 16.3 Å². The lowest BCUT2D eigenvalue weighted by Gasteiger charge is -2.38. The Morgan fingerprint density at radius 1 is 1.38 bits per heavy atom.